The number of carbonyl (C=O) groups is 1. The van der Waals surface area contributed by atoms with Crippen molar-refractivity contribution >= 4 is 35.4 Å². The summed E-state index contributed by atoms with van der Waals surface area (Å²) in [5, 5.41) is 3.45. The lowest BCUT2D eigenvalue weighted by molar-refractivity contribution is 0.143. The normalized spacial score (nSPS) is 10.6. The van der Waals surface area contributed by atoms with Crippen LogP contribution in [0.5, 0.6) is 0 Å². The molecular formula is C16H13Cl2NO2. The van der Waals surface area contributed by atoms with Crippen LogP contribution in [-0.2, 0) is 11.3 Å². The van der Waals surface area contributed by atoms with Crippen molar-refractivity contribution in [2.45, 2.75) is 6.61 Å². The standard InChI is InChI=1S/C16H13Cl2NO2/c17-14-7-4-8-15(18)13(14)11-21-16(20)19-10-9-12-5-2-1-3-6-12/h1-10H,11H2,(H,19,20)/b10-9+. The zero-order chi connectivity index (χ0) is 15.1. The van der Waals surface area contributed by atoms with E-state index < -0.39 is 6.09 Å². The second kappa shape index (κ2) is 7.72. The third-order valence-electron chi connectivity index (χ3n) is 2.69. The molecule has 108 valence electrons. The van der Waals surface area contributed by atoms with Crippen LogP contribution < -0.4 is 5.32 Å². The monoisotopic (exact) mass is 321 g/mol. The number of halogens is 2. The summed E-state index contributed by atoms with van der Waals surface area (Å²) in [5.41, 5.74) is 1.56. The molecule has 0 heterocycles. The molecule has 0 atom stereocenters. The smallest absolute Gasteiger partial charge is 0.411 e. The number of rotatable bonds is 4. The summed E-state index contributed by atoms with van der Waals surface area (Å²) in [6.07, 6.45) is 2.72. The predicted molar refractivity (Wildman–Crippen MR) is 85.3 cm³/mol. The Balaban J connectivity index is 1.84. The molecule has 1 N–H and O–H groups in total. The van der Waals surface area contributed by atoms with Gasteiger partial charge in [-0.15, -0.1) is 0 Å². The first-order valence-corrected chi connectivity index (χ1v) is 7.00. The first-order chi connectivity index (χ1) is 10.2. The van der Waals surface area contributed by atoms with Gasteiger partial charge in [0.05, 0.1) is 0 Å². The van der Waals surface area contributed by atoms with Crippen LogP contribution >= 0.6 is 23.2 Å². The van der Waals surface area contributed by atoms with Crippen LogP contribution in [-0.4, -0.2) is 6.09 Å². The number of benzene rings is 2. The molecular weight excluding hydrogens is 309 g/mol. The van der Waals surface area contributed by atoms with Gasteiger partial charge >= 0.3 is 6.09 Å². The maximum Gasteiger partial charge on any atom is 0.411 e. The van der Waals surface area contributed by atoms with Crippen molar-refractivity contribution in [2.24, 2.45) is 0 Å². The lowest BCUT2D eigenvalue weighted by Gasteiger charge is -2.07. The van der Waals surface area contributed by atoms with Gasteiger partial charge in [-0.3, -0.25) is 5.32 Å². The number of alkyl carbamates (subject to hydrolysis) is 1. The molecule has 3 nitrogen and oxygen atoms in total. The van der Waals surface area contributed by atoms with E-state index in [-0.39, 0.29) is 6.61 Å². The van der Waals surface area contributed by atoms with Crippen LogP contribution in [0.25, 0.3) is 6.08 Å². The highest BCUT2D eigenvalue weighted by atomic mass is 35.5. The van der Waals surface area contributed by atoms with Crippen molar-refractivity contribution in [3.05, 3.63) is 75.9 Å². The van der Waals surface area contributed by atoms with Gasteiger partial charge in [-0.2, -0.15) is 0 Å². The van der Waals surface area contributed by atoms with Gasteiger partial charge in [0.25, 0.3) is 0 Å². The number of carbonyl (C=O) groups excluding carboxylic acids is 1. The van der Waals surface area contributed by atoms with Crippen molar-refractivity contribution in [2.75, 3.05) is 0 Å². The Morgan fingerprint density at radius 2 is 1.71 bits per heavy atom. The Bertz CT molecular complexity index is 622. The Morgan fingerprint density at radius 1 is 1.05 bits per heavy atom. The van der Waals surface area contributed by atoms with E-state index in [0.717, 1.165) is 5.56 Å². The van der Waals surface area contributed by atoms with Gasteiger partial charge in [-0.25, -0.2) is 4.79 Å². The van der Waals surface area contributed by atoms with Gasteiger partial charge in [0.15, 0.2) is 0 Å². The number of hydrogen-bond acceptors (Lipinski definition) is 2. The quantitative estimate of drug-likeness (QED) is 0.870. The molecule has 2 aromatic carbocycles. The maximum absolute atomic E-state index is 11.6. The van der Waals surface area contributed by atoms with Gasteiger partial charge in [0.1, 0.15) is 6.61 Å². The van der Waals surface area contributed by atoms with E-state index in [9.17, 15) is 4.79 Å². The summed E-state index contributed by atoms with van der Waals surface area (Å²) in [7, 11) is 0. The van der Waals surface area contributed by atoms with Gasteiger partial charge < -0.3 is 4.74 Å². The fourth-order valence-corrected chi connectivity index (χ4v) is 2.13. The zero-order valence-corrected chi connectivity index (χ0v) is 12.6. The highest BCUT2D eigenvalue weighted by Gasteiger charge is 2.07. The van der Waals surface area contributed by atoms with E-state index in [0.29, 0.717) is 15.6 Å². The fourth-order valence-electron chi connectivity index (χ4n) is 1.62. The van der Waals surface area contributed by atoms with Crippen LogP contribution in [0.1, 0.15) is 11.1 Å². The van der Waals surface area contributed by atoms with Gasteiger partial charge in [-0.1, -0.05) is 59.6 Å². The third kappa shape index (κ3) is 4.81. The Morgan fingerprint density at radius 3 is 2.38 bits per heavy atom. The number of amides is 1. The molecule has 0 saturated heterocycles. The first kappa shape index (κ1) is 15.4. The lowest BCUT2D eigenvalue weighted by atomic mass is 10.2. The molecule has 0 aliphatic carbocycles. The largest absolute Gasteiger partial charge is 0.444 e. The molecule has 0 aromatic heterocycles. The number of hydrogen-bond donors (Lipinski definition) is 1. The maximum atomic E-state index is 11.6. The van der Waals surface area contributed by atoms with Gasteiger partial charge in [0, 0.05) is 21.8 Å². The molecule has 0 unspecified atom stereocenters. The highest BCUT2D eigenvalue weighted by molar-refractivity contribution is 6.35. The molecule has 0 spiro atoms. The fraction of sp³-hybridized carbons (Fsp3) is 0.0625. The Labute approximate surface area is 133 Å². The second-order valence-electron chi connectivity index (χ2n) is 4.16. The van der Waals surface area contributed by atoms with Crippen LogP contribution in [0.4, 0.5) is 4.79 Å². The van der Waals surface area contributed by atoms with Crippen LogP contribution in [0, 0.1) is 0 Å². The van der Waals surface area contributed by atoms with Crippen molar-refractivity contribution in [3.63, 3.8) is 0 Å². The van der Waals surface area contributed by atoms with Crippen molar-refractivity contribution in [3.8, 4) is 0 Å². The summed E-state index contributed by atoms with van der Waals surface area (Å²) < 4.78 is 5.06. The molecule has 0 aliphatic rings. The summed E-state index contributed by atoms with van der Waals surface area (Å²) in [6, 6.07) is 14.7. The zero-order valence-electron chi connectivity index (χ0n) is 11.1. The minimum Gasteiger partial charge on any atom is -0.444 e. The molecule has 21 heavy (non-hydrogen) atoms. The predicted octanol–water partition coefficient (Wildman–Crippen LogP) is 4.89. The minimum absolute atomic E-state index is 0.0174. The first-order valence-electron chi connectivity index (χ1n) is 6.24. The average Bonchev–Trinajstić information content (AvgIpc) is 2.48. The summed E-state index contributed by atoms with van der Waals surface area (Å²) in [4.78, 5) is 11.6. The van der Waals surface area contributed by atoms with E-state index >= 15 is 0 Å². The molecule has 0 bridgehead atoms. The van der Waals surface area contributed by atoms with Crippen LogP contribution in [0.15, 0.2) is 54.7 Å². The minimum atomic E-state index is -0.571. The SMILES string of the molecule is O=C(N/C=C/c1ccccc1)OCc1c(Cl)cccc1Cl. The molecule has 0 saturated carbocycles. The number of ether oxygens (including phenoxy) is 1. The van der Waals surface area contributed by atoms with Gasteiger partial charge in [0.2, 0.25) is 0 Å². The van der Waals surface area contributed by atoms with E-state index in [1.54, 1.807) is 24.3 Å². The Kier molecular flexibility index (Phi) is 5.67. The summed E-state index contributed by atoms with van der Waals surface area (Å²) in [6.45, 7) is 0.0174. The molecule has 1 amide bonds. The summed E-state index contributed by atoms with van der Waals surface area (Å²) in [5.74, 6) is 0. The molecule has 0 aliphatic heterocycles. The molecule has 5 heteroatoms. The van der Waals surface area contributed by atoms with E-state index in [1.165, 1.54) is 6.20 Å². The molecule has 2 rings (SSSR count). The molecule has 2 aromatic rings. The summed E-state index contributed by atoms with van der Waals surface area (Å²) >= 11 is 12.0. The van der Waals surface area contributed by atoms with E-state index in [1.807, 2.05) is 30.3 Å². The van der Waals surface area contributed by atoms with Crippen molar-refractivity contribution in [1.82, 2.24) is 5.32 Å². The Hall–Kier alpha value is -1.97. The topological polar surface area (TPSA) is 38.3 Å². The second-order valence-corrected chi connectivity index (χ2v) is 4.98. The molecule has 0 radical (unpaired) electrons. The van der Waals surface area contributed by atoms with Crippen molar-refractivity contribution in [1.29, 1.82) is 0 Å². The average molecular weight is 322 g/mol. The van der Waals surface area contributed by atoms with E-state index in [2.05, 4.69) is 5.32 Å². The third-order valence-corrected chi connectivity index (χ3v) is 3.39. The van der Waals surface area contributed by atoms with Crippen molar-refractivity contribution < 1.29 is 9.53 Å². The van der Waals surface area contributed by atoms with E-state index in [4.69, 9.17) is 27.9 Å². The van der Waals surface area contributed by atoms with Crippen LogP contribution in [0.2, 0.25) is 10.0 Å². The highest BCUT2D eigenvalue weighted by Crippen LogP contribution is 2.24. The van der Waals surface area contributed by atoms with Gasteiger partial charge in [-0.05, 0) is 23.8 Å². The van der Waals surface area contributed by atoms with Crippen LogP contribution in [0.3, 0.4) is 0 Å². The number of nitrogens with one attached hydrogen (secondary N) is 1. The lowest BCUT2D eigenvalue weighted by Crippen LogP contribution is -2.18. The molecule has 0 fully saturated rings.